The van der Waals surface area contributed by atoms with Crippen molar-refractivity contribution in [1.29, 1.82) is 0 Å². The van der Waals surface area contributed by atoms with Crippen LogP contribution in [0.25, 0.3) is 0 Å². The molecule has 0 aliphatic rings. The zero-order chi connectivity index (χ0) is 10.4. The number of hydrogen-bond acceptors (Lipinski definition) is 3. The number of carboxylic acids is 1. The lowest BCUT2D eigenvalue weighted by molar-refractivity contribution is -0.139. The van der Waals surface area contributed by atoms with Crippen LogP contribution in [0, 0.1) is 11.8 Å². The zero-order valence-corrected chi connectivity index (χ0v) is 8.49. The highest BCUT2D eigenvalue weighted by molar-refractivity contribution is 5.73. The van der Waals surface area contributed by atoms with Gasteiger partial charge in [0.25, 0.3) is 0 Å². The molecule has 0 radical (unpaired) electrons. The summed E-state index contributed by atoms with van der Waals surface area (Å²) in [7, 11) is 1.61. The zero-order valence-electron chi connectivity index (χ0n) is 8.49. The largest absolute Gasteiger partial charge is 0.480 e. The molecule has 0 amide bonds. The second-order valence-corrected chi connectivity index (χ2v) is 3.64. The molecule has 13 heavy (non-hydrogen) atoms. The summed E-state index contributed by atoms with van der Waals surface area (Å²) >= 11 is 0. The molecule has 0 saturated carbocycles. The molecule has 0 bridgehead atoms. The molecule has 0 aliphatic heterocycles. The Kier molecular flexibility index (Phi) is 5.66. The van der Waals surface area contributed by atoms with E-state index in [1.807, 2.05) is 13.8 Å². The Balaban J connectivity index is 4.01. The molecule has 0 aromatic rings. The number of rotatable bonds is 6. The van der Waals surface area contributed by atoms with Gasteiger partial charge in [0.05, 0.1) is 0 Å². The average molecular weight is 189 g/mol. The summed E-state index contributed by atoms with van der Waals surface area (Å²) in [5.74, 6) is -0.330. The minimum absolute atomic E-state index is 0.219. The molecule has 0 aromatic heterocycles. The van der Waals surface area contributed by atoms with E-state index < -0.39 is 12.0 Å². The Hall–Kier alpha value is -0.610. The van der Waals surface area contributed by atoms with E-state index in [4.69, 9.17) is 15.6 Å². The predicted octanol–water partition coefficient (Wildman–Crippen LogP) is 0.707. The normalized spacial score (nSPS) is 15.8. The first-order valence-corrected chi connectivity index (χ1v) is 4.46. The molecule has 0 rings (SSSR count). The Bertz CT molecular complexity index is 159. The van der Waals surface area contributed by atoms with Gasteiger partial charge in [-0.15, -0.1) is 0 Å². The van der Waals surface area contributed by atoms with Gasteiger partial charge in [-0.2, -0.15) is 0 Å². The molecule has 0 saturated heterocycles. The van der Waals surface area contributed by atoms with Gasteiger partial charge in [0.1, 0.15) is 6.04 Å². The summed E-state index contributed by atoms with van der Waals surface area (Å²) in [5, 5.41) is 8.62. The first-order chi connectivity index (χ1) is 5.99. The minimum atomic E-state index is -0.943. The van der Waals surface area contributed by atoms with Gasteiger partial charge < -0.3 is 15.6 Å². The molecule has 4 heteroatoms. The molecule has 2 atom stereocenters. The fourth-order valence-electron chi connectivity index (χ4n) is 1.17. The summed E-state index contributed by atoms with van der Waals surface area (Å²) in [6, 6.07) is -0.775. The monoisotopic (exact) mass is 189 g/mol. The van der Waals surface area contributed by atoms with Gasteiger partial charge in [-0.25, -0.2) is 0 Å². The van der Waals surface area contributed by atoms with Crippen LogP contribution in [0.1, 0.15) is 20.3 Å². The van der Waals surface area contributed by atoms with Gasteiger partial charge in [-0.3, -0.25) is 4.79 Å². The van der Waals surface area contributed by atoms with Crippen LogP contribution in [0.15, 0.2) is 0 Å². The van der Waals surface area contributed by atoms with E-state index >= 15 is 0 Å². The van der Waals surface area contributed by atoms with Crippen LogP contribution in [-0.2, 0) is 9.53 Å². The average Bonchev–Trinajstić information content (AvgIpc) is 2.03. The van der Waals surface area contributed by atoms with Crippen molar-refractivity contribution in [2.75, 3.05) is 13.7 Å². The van der Waals surface area contributed by atoms with Crippen LogP contribution in [-0.4, -0.2) is 30.8 Å². The topological polar surface area (TPSA) is 72.5 Å². The number of hydrogen-bond donors (Lipinski definition) is 2. The van der Waals surface area contributed by atoms with Crippen molar-refractivity contribution in [3.05, 3.63) is 0 Å². The van der Waals surface area contributed by atoms with Crippen molar-refractivity contribution < 1.29 is 14.6 Å². The fraction of sp³-hybridized carbons (Fsp3) is 0.889. The van der Waals surface area contributed by atoms with Crippen LogP contribution in [0.3, 0.4) is 0 Å². The Morgan fingerprint density at radius 2 is 2.08 bits per heavy atom. The molecule has 0 fully saturated rings. The summed E-state index contributed by atoms with van der Waals surface area (Å²) in [6.45, 7) is 4.65. The molecule has 0 aliphatic carbocycles. The number of carboxylic acid groups (broad SMARTS) is 1. The number of nitrogens with two attached hydrogens (primary N) is 1. The Morgan fingerprint density at radius 1 is 1.54 bits per heavy atom. The summed E-state index contributed by atoms with van der Waals surface area (Å²) < 4.78 is 5.00. The third-order valence-corrected chi connectivity index (χ3v) is 2.20. The van der Waals surface area contributed by atoms with Gasteiger partial charge in [-0.1, -0.05) is 13.8 Å². The van der Waals surface area contributed by atoms with E-state index in [-0.39, 0.29) is 5.92 Å². The number of methoxy groups -OCH3 is 1. The highest BCUT2D eigenvalue weighted by atomic mass is 16.5. The van der Waals surface area contributed by atoms with E-state index in [1.165, 1.54) is 0 Å². The molecular weight excluding hydrogens is 170 g/mol. The SMILES string of the molecule is COCC(C[C@@H](N)C(=O)O)C(C)C. The van der Waals surface area contributed by atoms with E-state index in [2.05, 4.69) is 0 Å². The van der Waals surface area contributed by atoms with Crippen LogP contribution < -0.4 is 5.73 Å². The third kappa shape index (κ3) is 4.85. The van der Waals surface area contributed by atoms with Crippen molar-refractivity contribution in [1.82, 2.24) is 0 Å². The number of carbonyl (C=O) groups is 1. The minimum Gasteiger partial charge on any atom is -0.480 e. The van der Waals surface area contributed by atoms with Gasteiger partial charge >= 0.3 is 5.97 Å². The fourth-order valence-corrected chi connectivity index (χ4v) is 1.17. The van der Waals surface area contributed by atoms with Crippen LogP contribution in [0.2, 0.25) is 0 Å². The van der Waals surface area contributed by atoms with E-state index in [0.29, 0.717) is 18.9 Å². The summed E-state index contributed by atoms with van der Waals surface area (Å²) in [5.41, 5.74) is 5.43. The molecule has 1 unspecified atom stereocenters. The molecule has 0 heterocycles. The molecule has 0 aromatic carbocycles. The van der Waals surface area contributed by atoms with Gasteiger partial charge in [-0.05, 0) is 18.3 Å². The lowest BCUT2D eigenvalue weighted by Gasteiger charge is -2.21. The molecular formula is C9H19NO3. The van der Waals surface area contributed by atoms with E-state index in [1.54, 1.807) is 7.11 Å². The standard InChI is InChI=1S/C9H19NO3/c1-6(2)7(5-13-3)4-8(10)9(11)12/h6-8H,4-5,10H2,1-3H3,(H,11,12)/t7?,8-/m1/s1. The maximum absolute atomic E-state index is 10.5. The lowest BCUT2D eigenvalue weighted by atomic mass is 9.90. The molecule has 0 spiro atoms. The predicted molar refractivity (Wildman–Crippen MR) is 50.4 cm³/mol. The highest BCUT2D eigenvalue weighted by Gasteiger charge is 2.20. The van der Waals surface area contributed by atoms with Crippen molar-refractivity contribution in [3.63, 3.8) is 0 Å². The lowest BCUT2D eigenvalue weighted by Crippen LogP contribution is -2.34. The number of aliphatic carboxylic acids is 1. The highest BCUT2D eigenvalue weighted by Crippen LogP contribution is 2.16. The first kappa shape index (κ1) is 12.4. The smallest absolute Gasteiger partial charge is 0.320 e. The van der Waals surface area contributed by atoms with Gasteiger partial charge in [0.15, 0.2) is 0 Å². The second kappa shape index (κ2) is 5.94. The third-order valence-electron chi connectivity index (χ3n) is 2.20. The second-order valence-electron chi connectivity index (χ2n) is 3.64. The van der Waals surface area contributed by atoms with Crippen LogP contribution in [0.4, 0.5) is 0 Å². The van der Waals surface area contributed by atoms with E-state index in [0.717, 1.165) is 0 Å². The van der Waals surface area contributed by atoms with E-state index in [9.17, 15) is 4.79 Å². The Labute approximate surface area is 79.1 Å². The molecule has 4 nitrogen and oxygen atoms in total. The van der Waals surface area contributed by atoms with Crippen LogP contribution >= 0.6 is 0 Å². The summed E-state index contributed by atoms with van der Waals surface area (Å²) in [4.78, 5) is 10.5. The van der Waals surface area contributed by atoms with Gasteiger partial charge in [0.2, 0.25) is 0 Å². The van der Waals surface area contributed by atoms with Crippen molar-refractivity contribution in [3.8, 4) is 0 Å². The van der Waals surface area contributed by atoms with Crippen molar-refractivity contribution in [2.45, 2.75) is 26.3 Å². The van der Waals surface area contributed by atoms with Crippen LogP contribution in [0.5, 0.6) is 0 Å². The quantitative estimate of drug-likeness (QED) is 0.645. The molecule has 78 valence electrons. The van der Waals surface area contributed by atoms with Crippen molar-refractivity contribution in [2.24, 2.45) is 17.6 Å². The van der Waals surface area contributed by atoms with Gasteiger partial charge in [0, 0.05) is 13.7 Å². The number of ether oxygens (including phenoxy) is 1. The maximum atomic E-state index is 10.5. The van der Waals surface area contributed by atoms with Crippen molar-refractivity contribution >= 4 is 5.97 Å². The Morgan fingerprint density at radius 3 is 2.38 bits per heavy atom. The molecule has 3 N–H and O–H groups in total. The maximum Gasteiger partial charge on any atom is 0.320 e. The first-order valence-electron chi connectivity index (χ1n) is 4.46. The summed E-state index contributed by atoms with van der Waals surface area (Å²) in [6.07, 6.45) is 0.473.